The predicted molar refractivity (Wildman–Crippen MR) is 122 cm³/mol. The Kier molecular flexibility index (Phi) is 6.18. The van der Waals surface area contributed by atoms with Crippen molar-refractivity contribution in [2.24, 2.45) is 0 Å². The van der Waals surface area contributed by atoms with Gasteiger partial charge in [0.15, 0.2) is 0 Å². The molecule has 162 valence electrons. The Labute approximate surface area is 189 Å². The Hall–Kier alpha value is -3.71. The lowest BCUT2D eigenvalue weighted by Crippen LogP contribution is -2.41. The summed E-state index contributed by atoms with van der Waals surface area (Å²) in [6.07, 6.45) is 0.472. The molecule has 2 N–H and O–H groups in total. The van der Waals surface area contributed by atoms with E-state index in [1.54, 1.807) is 13.0 Å². The highest BCUT2D eigenvalue weighted by Gasteiger charge is 2.16. The number of para-hydroxylation sites is 1. The van der Waals surface area contributed by atoms with Crippen molar-refractivity contribution in [3.8, 4) is 11.3 Å². The first kappa shape index (κ1) is 21.5. The van der Waals surface area contributed by atoms with E-state index < -0.39 is 5.91 Å². The fraction of sp³-hybridized carbons (Fsp3) is 0.167. The quantitative estimate of drug-likeness (QED) is 0.436. The molecule has 0 bridgehead atoms. The number of aromatic nitrogens is 2. The van der Waals surface area contributed by atoms with Crippen molar-refractivity contribution in [2.75, 3.05) is 0 Å². The number of nitrogens with one attached hydrogen (secondary N) is 2. The zero-order valence-corrected chi connectivity index (χ0v) is 18.4. The van der Waals surface area contributed by atoms with Crippen molar-refractivity contribution < 1.29 is 14.1 Å². The molecule has 0 atom stereocenters. The molecule has 0 radical (unpaired) electrons. The van der Waals surface area contributed by atoms with Gasteiger partial charge in [-0.3, -0.25) is 20.4 Å². The topological polar surface area (TPSA) is 97.1 Å². The standard InChI is InChI=1S/C24H21ClN4O3/c1-14-7-9-16(10-8-14)21-13-19(18-5-3-4-6-20(18)26-21)24(31)28-27-22(30)12-11-17-15(2)29-32-23(17)25/h3-10,13H,11-12H2,1-2H3,(H,27,30)(H,28,31). The summed E-state index contributed by atoms with van der Waals surface area (Å²) in [5.41, 5.74) is 10.1. The number of hydrogen-bond donors (Lipinski definition) is 2. The molecule has 32 heavy (non-hydrogen) atoms. The maximum Gasteiger partial charge on any atom is 0.270 e. The first-order valence-electron chi connectivity index (χ1n) is 10.1. The van der Waals surface area contributed by atoms with Crippen LogP contribution >= 0.6 is 11.6 Å². The number of pyridine rings is 1. The minimum atomic E-state index is -0.426. The van der Waals surface area contributed by atoms with E-state index in [0.717, 1.165) is 11.1 Å². The Bertz CT molecular complexity index is 1280. The largest absolute Gasteiger partial charge is 0.344 e. The van der Waals surface area contributed by atoms with E-state index >= 15 is 0 Å². The van der Waals surface area contributed by atoms with Crippen LogP contribution in [0.3, 0.4) is 0 Å². The first-order chi connectivity index (χ1) is 15.4. The second-order valence-electron chi connectivity index (χ2n) is 7.46. The van der Waals surface area contributed by atoms with Gasteiger partial charge in [0.2, 0.25) is 11.1 Å². The van der Waals surface area contributed by atoms with Gasteiger partial charge in [-0.15, -0.1) is 0 Å². The van der Waals surface area contributed by atoms with Gasteiger partial charge < -0.3 is 4.52 Å². The highest BCUT2D eigenvalue weighted by molar-refractivity contribution is 6.29. The summed E-state index contributed by atoms with van der Waals surface area (Å²) in [6.45, 7) is 3.77. The number of halogens is 1. The summed E-state index contributed by atoms with van der Waals surface area (Å²) in [5.74, 6) is -0.781. The zero-order valence-electron chi connectivity index (χ0n) is 17.6. The van der Waals surface area contributed by atoms with Gasteiger partial charge in [0, 0.05) is 22.9 Å². The lowest BCUT2D eigenvalue weighted by atomic mass is 10.0. The fourth-order valence-corrected chi connectivity index (χ4v) is 3.64. The molecule has 4 rings (SSSR count). The molecule has 7 nitrogen and oxygen atoms in total. The molecular formula is C24H21ClN4O3. The highest BCUT2D eigenvalue weighted by Crippen LogP contribution is 2.25. The molecule has 0 saturated heterocycles. The monoisotopic (exact) mass is 448 g/mol. The van der Waals surface area contributed by atoms with Crippen molar-refractivity contribution in [2.45, 2.75) is 26.7 Å². The Morgan fingerprint density at radius 2 is 1.78 bits per heavy atom. The van der Waals surface area contributed by atoms with E-state index in [9.17, 15) is 9.59 Å². The number of amides is 2. The third kappa shape index (κ3) is 4.63. The zero-order chi connectivity index (χ0) is 22.7. The molecule has 8 heteroatoms. The molecule has 2 aromatic heterocycles. The molecule has 0 spiro atoms. The molecule has 4 aromatic rings. The second-order valence-corrected chi connectivity index (χ2v) is 7.80. The average molecular weight is 449 g/mol. The normalized spacial score (nSPS) is 10.8. The number of benzene rings is 2. The molecule has 0 unspecified atom stereocenters. The van der Waals surface area contributed by atoms with E-state index in [4.69, 9.17) is 21.1 Å². The van der Waals surface area contributed by atoms with E-state index in [-0.39, 0.29) is 17.5 Å². The molecule has 0 fully saturated rings. The van der Waals surface area contributed by atoms with E-state index in [2.05, 4.69) is 16.0 Å². The predicted octanol–water partition coefficient (Wildman–Crippen LogP) is 4.55. The number of fused-ring (bicyclic) bond motifs is 1. The van der Waals surface area contributed by atoms with Gasteiger partial charge in [0.05, 0.1) is 22.5 Å². The minimum absolute atomic E-state index is 0.119. The first-order valence-corrected chi connectivity index (χ1v) is 10.5. The summed E-state index contributed by atoms with van der Waals surface area (Å²) in [7, 11) is 0. The summed E-state index contributed by atoms with van der Waals surface area (Å²) < 4.78 is 4.89. The van der Waals surface area contributed by atoms with Gasteiger partial charge in [-0.25, -0.2) is 4.98 Å². The Morgan fingerprint density at radius 1 is 1.03 bits per heavy atom. The lowest BCUT2D eigenvalue weighted by Gasteiger charge is -2.11. The molecule has 0 saturated carbocycles. The van der Waals surface area contributed by atoms with Gasteiger partial charge in [0.25, 0.3) is 5.91 Å². The third-order valence-corrected chi connectivity index (χ3v) is 5.46. The van der Waals surface area contributed by atoms with Crippen LogP contribution in [-0.2, 0) is 11.2 Å². The summed E-state index contributed by atoms with van der Waals surface area (Å²) >= 11 is 5.93. The summed E-state index contributed by atoms with van der Waals surface area (Å²) in [5, 5.41) is 4.63. The number of aryl methyl sites for hydroxylation is 2. The summed E-state index contributed by atoms with van der Waals surface area (Å²) in [6, 6.07) is 17.1. The third-order valence-electron chi connectivity index (χ3n) is 5.16. The minimum Gasteiger partial charge on any atom is -0.344 e. The molecule has 2 aromatic carbocycles. The van der Waals surface area contributed by atoms with Gasteiger partial charge in [-0.2, -0.15) is 0 Å². The molecule has 2 amide bonds. The average Bonchev–Trinajstić information content (AvgIpc) is 3.12. The molecular weight excluding hydrogens is 428 g/mol. The van der Waals surface area contributed by atoms with E-state index in [1.807, 2.05) is 55.5 Å². The lowest BCUT2D eigenvalue weighted by molar-refractivity contribution is -0.121. The van der Waals surface area contributed by atoms with E-state index in [1.165, 1.54) is 0 Å². The second kappa shape index (κ2) is 9.20. The number of carbonyl (C=O) groups is 2. The van der Waals surface area contributed by atoms with E-state index in [0.29, 0.717) is 39.8 Å². The SMILES string of the molecule is Cc1ccc(-c2cc(C(=O)NNC(=O)CCc3c(C)noc3Cl)c3ccccc3n2)cc1. The molecule has 0 aliphatic carbocycles. The number of hydrogen-bond acceptors (Lipinski definition) is 5. The van der Waals surface area contributed by atoms with Crippen LogP contribution in [0.1, 0.15) is 33.6 Å². The number of nitrogens with zero attached hydrogens (tertiary/aromatic N) is 2. The van der Waals surface area contributed by atoms with Crippen molar-refractivity contribution in [3.63, 3.8) is 0 Å². The number of hydrazine groups is 1. The Balaban J connectivity index is 1.51. The molecule has 0 aliphatic heterocycles. The van der Waals surface area contributed by atoms with Gasteiger partial charge in [-0.05, 0) is 44.0 Å². The van der Waals surface area contributed by atoms with Crippen molar-refractivity contribution in [1.29, 1.82) is 0 Å². The molecule has 2 heterocycles. The van der Waals surface area contributed by atoms with Crippen molar-refractivity contribution >= 4 is 34.3 Å². The number of rotatable bonds is 5. The van der Waals surface area contributed by atoms with Gasteiger partial charge >= 0.3 is 0 Å². The highest BCUT2D eigenvalue weighted by atomic mass is 35.5. The Morgan fingerprint density at radius 3 is 2.50 bits per heavy atom. The summed E-state index contributed by atoms with van der Waals surface area (Å²) in [4.78, 5) is 29.9. The van der Waals surface area contributed by atoms with Crippen LogP contribution in [-0.4, -0.2) is 22.0 Å². The van der Waals surface area contributed by atoms with Crippen molar-refractivity contribution in [3.05, 3.63) is 82.2 Å². The maximum atomic E-state index is 12.9. The van der Waals surface area contributed by atoms with Crippen LogP contribution < -0.4 is 10.9 Å². The fourth-order valence-electron chi connectivity index (χ4n) is 3.37. The van der Waals surface area contributed by atoms with Crippen LogP contribution in [0.15, 0.2) is 59.1 Å². The van der Waals surface area contributed by atoms with Crippen LogP contribution in [0.4, 0.5) is 0 Å². The number of carbonyl (C=O) groups excluding carboxylic acids is 2. The van der Waals surface area contributed by atoms with Crippen molar-refractivity contribution in [1.82, 2.24) is 21.0 Å². The maximum absolute atomic E-state index is 12.9. The smallest absolute Gasteiger partial charge is 0.270 e. The van der Waals surface area contributed by atoms with Gasteiger partial charge in [-0.1, -0.05) is 53.2 Å². The molecule has 0 aliphatic rings. The van der Waals surface area contributed by atoms with Crippen LogP contribution in [0.2, 0.25) is 5.22 Å². The van der Waals surface area contributed by atoms with Crippen LogP contribution in [0, 0.1) is 13.8 Å². The van der Waals surface area contributed by atoms with Gasteiger partial charge in [0.1, 0.15) is 0 Å². The van der Waals surface area contributed by atoms with Crippen LogP contribution in [0.25, 0.3) is 22.2 Å². The van der Waals surface area contributed by atoms with Crippen LogP contribution in [0.5, 0.6) is 0 Å².